The maximum Gasteiger partial charge on any atom is 0.257 e. The van der Waals surface area contributed by atoms with E-state index in [1.807, 2.05) is 12.1 Å². The summed E-state index contributed by atoms with van der Waals surface area (Å²) in [5, 5.41) is 5.67. The maximum absolute atomic E-state index is 13.3. The lowest BCUT2D eigenvalue weighted by atomic mass is 9.94. The number of carbonyl (C=O) groups excluding carboxylic acids is 3. The van der Waals surface area contributed by atoms with Gasteiger partial charge in [-0.25, -0.2) is 0 Å². The van der Waals surface area contributed by atoms with Crippen LogP contribution in [0.25, 0.3) is 0 Å². The van der Waals surface area contributed by atoms with Crippen molar-refractivity contribution >= 4 is 29.1 Å². The average Bonchev–Trinajstić information content (AvgIpc) is 2.86. The Morgan fingerprint density at radius 3 is 2.63 bits per heavy atom. The van der Waals surface area contributed by atoms with E-state index in [1.165, 1.54) is 0 Å². The number of fused-ring (bicyclic) bond motifs is 2. The van der Waals surface area contributed by atoms with Gasteiger partial charge in [0.1, 0.15) is 24.2 Å². The van der Waals surface area contributed by atoms with Crippen LogP contribution in [0.2, 0.25) is 0 Å². The van der Waals surface area contributed by atoms with Crippen molar-refractivity contribution in [1.29, 1.82) is 0 Å². The number of nitrogens with zero attached hydrogens (tertiary/aromatic N) is 1. The average molecular weight is 482 g/mol. The first-order chi connectivity index (χ1) is 16.9. The molecule has 0 bridgehead atoms. The van der Waals surface area contributed by atoms with Gasteiger partial charge in [0, 0.05) is 30.9 Å². The van der Waals surface area contributed by atoms with E-state index >= 15 is 0 Å². The first-order valence-corrected chi connectivity index (χ1v) is 11.8. The van der Waals surface area contributed by atoms with Crippen LogP contribution in [0, 0.1) is 0 Å². The SMILES string of the molecule is CCC(=O)Nc1ccc2c(c1)C(=O)N(C)[C@H]1CC[C@@H](CC(=O)Nc3cccc(OC)c3)O[C@@H]1CO2. The highest BCUT2D eigenvalue weighted by Crippen LogP contribution is 2.32. The molecule has 2 aliphatic heterocycles. The van der Waals surface area contributed by atoms with Crippen LogP contribution in [-0.4, -0.2) is 61.6 Å². The van der Waals surface area contributed by atoms with Crippen molar-refractivity contribution in [1.82, 2.24) is 4.90 Å². The van der Waals surface area contributed by atoms with Crippen LogP contribution in [0.1, 0.15) is 43.0 Å². The third kappa shape index (κ3) is 5.74. The number of methoxy groups -OCH3 is 1. The zero-order chi connectivity index (χ0) is 24.9. The number of anilines is 2. The highest BCUT2D eigenvalue weighted by Gasteiger charge is 2.39. The Balaban J connectivity index is 1.42. The molecule has 0 saturated carbocycles. The van der Waals surface area contributed by atoms with E-state index in [2.05, 4.69) is 10.6 Å². The zero-order valence-corrected chi connectivity index (χ0v) is 20.2. The normalized spacial score (nSPS) is 21.5. The number of carbonyl (C=O) groups is 3. The number of nitrogens with one attached hydrogen (secondary N) is 2. The molecule has 0 spiro atoms. The molecule has 9 nitrogen and oxygen atoms in total. The molecule has 2 N–H and O–H groups in total. The van der Waals surface area contributed by atoms with Gasteiger partial charge in [-0.05, 0) is 43.2 Å². The van der Waals surface area contributed by atoms with Gasteiger partial charge in [0.25, 0.3) is 5.91 Å². The van der Waals surface area contributed by atoms with Crippen LogP contribution >= 0.6 is 0 Å². The second kappa shape index (κ2) is 10.8. The van der Waals surface area contributed by atoms with Crippen LogP contribution in [0.3, 0.4) is 0 Å². The number of ether oxygens (including phenoxy) is 3. The predicted octanol–water partition coefficient (Wildman–Crippen LogP) is 3.45. The van der Waals surface area contributed by atoms with E-state index in [0.29, 0.717) is 47.7 Å². The Bertz CT molecular complexity index is 1100. The highest BCUT2D eigenvalue weighted by atomic mass is 16.5. The molecule has 0 unspecified atom stereocenters. The molecule has 2 heterocycles. The van der Waals surface area contributed by atoms with Crippen molar-refractivity contribution in [2.45, 2.75) is 50.9 Å². The molecule has 35 heavy (non-hydrogen) atoms. The summed E-state index contributed by atoms with van der Waals surface area (Å²) in [7, 11) is 3.33. The topological polar surface area (TPSA) is 106 Å². The highest BCUT2D eigenvalue weighted by molar-refractivity contribution is 5.99. The van der Waals surface area contributed by atoms with Crippen LogP contribution in [-0.2, 0) is 14.3 Å². The molecular weight excluding hydrogens is 450 g/mol. The summed E-state index contributed by atoms with van der Waals surface area (Å²) in [5.74, 6) is 0.639. The van der Waals surface area contributed by atoms with Gasteiger partial charge in [0.2, 0.25) is 11.8 Å². The lowest BCUT2D eigenvalue weighted by Gasteiger charge is -2.42. The molecule has 0 aliphatic carbocycles. The summed E-state index contributed by atoms with van der Waals surface area (Å²) in [5.41, 5.74) is 1.62. The van der Waals surface area contributed by atoms with Crippen molar-refractivity contribution in [3.05, 3.63) is 48.0 Å². The third-order valence-electron chi connectivity index (χ3n) is 6.38. The summed E-state index contributed by atoms with van der Waals surface area (Å²) in [6.45, 7) is 2.02. The summed E-state index contributed by atoms with van der Waals surface area (Å²) in [6.07, 6.45) is 1.24. The zero-order valence-electron chi connectivity index (χ0n) is 20.2. The van der Waals surface area contributed by atoms with Gasteiger partial charge in [-0.15, -0.1) is 0 Å². The van der Waals surface area contributed by atoms with E-state index in [4.69, 9.17) is 14.2 Å². The molecule has 1 fully saturated rings. The van der Waals surface area contributed by atoms with Gasteiger partial charge in [-0.1, -0.05) is 13.0 Å². The quantitative estimate of drug-likeness (QED) is 0.655. The minimum atomic E-state index is -0.361. The standard InChI is InChI=1S/C26H31N3O6/c1-4-24(30)27-17-8-11-22-20(13-17)26(32)29(2)21-10-9-19(35-23(21)15-34-22)14-25(31)28-16-6-5-7-18(12-16)33-3/h5-8,11-13,19,21,23H,4,9-10,14-15H2,1-3H3,(H,27,30)(H,28,31)/t19-,21-,23+/m0/s1. The summed E-state index contributed by atoms with van der Waals surface area (Å²) >= 11 is 0. The predicted molar refractivity (Wildman–Crippen MR) is 131 cm³/mol. The molecule has 2 aliphatic rings. The van der Waals surface area contributed by atoms with E-state index in [9.17, 15) is 14.4 Å². The number of hydrogen-bond acceptors (Lipinski definition) is 6. The molecule has 186 valence electrons. The second-order valence-electron chi connectivity index (χ2n) is 8.77. The van der Waals surface area contributed by atoms with Gasteiger partial charge in [0.05, 0.1) is 31.2 Å². The summed E-state index contributed by atoms with van der Waals surface area (Å²) < 4.78 is 17.4. The Morgan fingerprint density at radius 1 is 1.09 bits per heavy atom. The molecule has 0 radical (unpaired) electrons. The van der Waals surface area contributed by atoms with E-state index in [1.54, 1.807) is 56.3 Å². The van der Waals surface area contributed by atoms with Crippen molar-refractivity contribution in [3.8, 4) is 11.5 Å². The molecule has 2 aromatic rings. The van der Waals surface area contributed by atoms with Crippen molar-refractivity contribution in [2.24, 2.45) is 0 Å². The Hall–Kier alpha value is -3.59. The van der Waals surface area contributed by atoms with Gasteiger partial charge < -0.3 is 29.7 Å². The fourth-order valence-electron chi connectivity index (χ4n) is 4.47. The van der Waals surface area contributed by atoms with Gasteiger partial charge in [-0.3, -0.25) is 14.4 Å². The number of hydrogen-bond donors (Lipinski definition) is 2. The fourth-order valence-corrected chi connectivity index (χ4v) is 4.47. The largest absolute Gasteiger partial charge is 0.497 e. The van der Waals surface area contributed by atoms with E-state index in [-0.39, 0.29) is 49.0 Å². The smallest absolute Gasteiger partial charge is 0.257 e. The summed E-state index contributed by atoms with van der Waals surface area (Å²) in [6, 6.07) is 12.1. The van der Waals surface area contributed by atoms with E-state index in [0.717, 1.165) is 0 Å². The van der Waals surface area contributed by atoms with Gasteiger partial charge >= 0.3 is 0 Å². The van der Waals surface area contributed by atoms with Crippen molar-refractivity contribution in [3.63, 3.8) is 0 Å². The summed E-state index contributed by atoms with van der Waals surface area (Å²) in [4.78, 5) is 39.3. The number of benzene rings is 2. The van der Waals surface area contributed by atoms with Crippen LogP contribution in [0.4, 0.5) is 11.4 Å². The minimum Gasteiger partial charge on any atom is -0.497 e. The molecule has 1 saturated heterocycles. The van der Waals surface area contributed by atoms with Crippen molar-refractivity contribution in [2.75, 3.05) is 31.4 Å². The van der Waals surface area contributed by atoms with Crippen LogP contribution < -0.4 is 20.1 Å². The Morgan fingerprint density at radius 2 is 1.86 bits per heavy atom. The molecule has 0 aromatic heterocycles. The lowest BCUT2D eigenvalue weighted by molar-refractivity contribution is -0.130. The van der Waals surface area contributed by atoms with Gasteiger partial charge in [-0.2, -0.15) is 0 Å². The number of amides is 3. The molecular formula is C26H31N3O6. The monoisotopic (exact) mass is 481 g/mol. The molecule has 4 rings (SSSR count). The molecule has 3 amide bonds. The third-order valence-corrected chi connectivity index (χ3v) is 6.38. The Kier molecular flexibility index (Phi) is 7.55. The van der Waals surface area contributed by atoms with Gasteiger partial charge in [0.15, 0.2) is 0 Å². The van der Waals surface area contributed by atoms with E-state index < -0.39 is 0 Å². The lowest BCUT2D eigenvalue weighted by Crippen LogP contribution is -2.53. The fraction of sp³-hybridized carbons (Fsp3) is 0.423. The van der Waals surface area contributed by atoms with Crippen LogP contribution in [0.5, 0.6) is 11.5 Å². The minimum absolute atomic E-state index is 0.125. The number of likely N-dealkylation sites (N-methyl/N-ethyl adjacent to an activating group) is 1. The van der Waals surface area contributed by atoms with Crippen LogP contribution in [0.15, 0.2) is 42.5 Å². The van der Waals surface area contributed by atoms with Crippen molar-refractivity contribution < 1.29 is 28.6 Å². The number of rotatable bonds is 6. The first-order valence-electron chi connectivity index (χ1n) is 11.8. The maximum atomic E-state index is 13.3. The Labute approximate surface area is 204 Å². The first kappa shape index (κ1) is 24.5. The second-order valence-corrected chi connectivity index (χ2v) is 8.77. The molecule has 2 aromatic carbocycles. The molecule has 9 heteroatoms. The molecule has 3 atom stereocenters.